The zero-order valence-corrected chi connectivity index (χ0v) is 13.5. The van der Waals surface area contributed by atoms with Crippen LogP contribution in [0.3, 0.4) is 0 Å². The van der Waals surface area contributed by atoms with E-state index in [1.54, 1.807) is 0 Å². The molecular formula is C17H24N4. The van der Waals surface area contributed by atoms with Crippen molar-refractivity contribution in [2.24, 2.45) is 0 Å². The Bertz CT molecular complexity index is 620. The Morgan fingerprint density at radius 3 is 2.43 bits per heavy atom. The first-order chi connectivity index (χ1) is 10.0. The minimum atomic E-state index is 0.293. The minimum absolute atomic E-state index is 0.293. The fourth-order valence-electron chi connectivity index (χ4n) is 2.11. The smallest absolute Gasteiger partial charge is 0.139 e. The lowest BCUT2D eigenvalue weighted by atomic mass is 10.2. The Morgan fingerprint density at radius 1 is 1.10 bits per heavy atom. The lowest BCUT2D eigenvalue weighted by molar-refractivity contribution is 0.774. The highest BCUT2D eigenvalue weighted by Crippen LogP contribution is 2.26. The number of hydrogen-bond acceptors (Lipinski definition) is 4. The predicted octanol–water partition coefficient (Wildman–Crippen LogP) is 4.39. The van der Waals surface area contributed by atoms with Crippen LogP contribution in [-0.4, -0.2) is 16.5 Å². The number of benzene rings is 1. The average molecular weight is 284 g/mol. The second-order valence-electron chi connectivity index (χ2n) is 5.58. The van der Waals surface area contributed by atoms with Crippen molar-refractivity contribution in [1.29, 1.82) is 0 Å². The predicted molar refractivity (Wildman–Crippen MR) is 89.5 cm³/mol. The number of hydrogen-bond donors (Lipinski definition) is 2. The summed E-state index contributed by atoms with van der Waals surface area (Å²) >= 11 is 0. The molecule has 0 saturated heterocycles. The lowest BCUT2D eigenvalue weighted by Crippen LogP contribution is -2.10. The zero-order valence-electron chi connectivity index (χ0n) is 13.5. The highest BCUT2D eigenvalue weighted by atomic mass is 15.1. The van der Waals surface area contributed by atoms with Crippen LogP contribution in [0.5, 0.6) is 0 Å². The molecule has 21 heavy (non-hydrogen) atoms. The van der Waals surface area contributed by atoms with E-state index in [9.17, 15) is 0 Å². The van der Waals surface area contributed by atoms with Crippen molar-refractivity contribution in [2.75, 3.05) is 17.2 Å². The Morgan fingerprint density at radius 2 is 1.81 bits per heavy atom. The second-order valence-corrected chi connectivity index (χ2v) is 5.58. The maximum Gasteiger partial charge on any atom is 0.139 e. The number of anilines is 3. The van der Waals surface area contributed by atoms with Gasteiger partial charge in [0.1, 0.15) is 17.5 Å². The van der Waals surface area contributed by atoms with E-state index in [0.29, 0.717) is 5.92 Å². The van der Waals surface area contributed by atoms with Crippen molar-refractivity contribution in [3.8, 4) is 0 Å². The fourth-order valence-corrected chi connectivity index (χ4v) is 2.11. The Labute approximate surface area is 127 Å². The standard InChI is InChI=1S/C17H24N4/c1-6-18-16-13(5)17(21-15(20-16)11(2)3)19-14-9-7-8-12(4)10-14/h7-11H,6H2,1-5H3,(H2,18,19,20,21). The molecule has 2 aromatic rings. The summed E-state index contributed by atoms with van der Waals surface area (Å²) in [6.07, 6.45) is 0. The molecule has 0 saturated carbocycles. The van der Waals surface area contributed by atoms with E-state index in [4.69, 9.17) is 0 Å². The van der Waals surface area contributed by atoms with Gasteiger partial charge < -0.3 is 10.6 Å². The van der Waals surface area contributed by atoms with E-state index in [1.807, 2.05) is 13.0 Å². The maximum atomic E-state index is 4.68. The monoisotopic (exact) mass is 284 g/mol. The number of rotatable bonds is 5. The first-order valence-corrected chi connectivity index (χ1v) is 7.47. The van der Waals surface area contributed by atoms with Gasteiger partial charge in [-0.1, -0.05) is 26.0 Å². The Hall–Kier alpha value is -2.10. The third kappa shape index (κ3) is 3.72. The van der Waals surface area contributed by atoms with Gasteiger partial charge >= 0.3 is 0 Å². The summed E-state index contributed by atoms with van der Waals surface area (Å²) in [6.45, 7) is 11.3. The third-order valence-corrected chi connectivity index (χ3v) is 3.30. The molecule has 0 unspecified atom stereocenters. The fraction of sp³-hybridized carbons (Fsp3) is 0.412. The largest absolute Gasteiger partial charge is 0.370 e. The highest BCUT2D eigenvalue weighted by Gasteiger charge is 2.13. The molecule has 0 bridgehead atoms. The van der Waals surface area contributed by atoms with Crippen LogP contribution in [0.4, 0.5) is 17.3 Å². The molecular weight excluding hydrogens is 260 g/mol. The van der Waals surface area contributed by atoms with Crippen LogP contribution in [0.1, 0.15) is 43.6 Å². The molecule has 4 nitrogen and oxygen atoms in total. The maximum absolute atomic E-state index is 4.68. The summed E-state index contributed by atoms with van der Waals surface area (Å²) in [4.78, 5) is 9.30. The van der Waals surface area contributed by atoms with E-state index >= 15 is 0 Å². The van der Waals surface area contributed by atoms with Gasteiger partial charge in [0, 0.05) is 23.7 Å². The van der Waals surface area contributed by atoms with Crippen molar-refractivity contribution in [3.63, 3.8) is 0 Å². The normalized spacial score (nSPS) is 10.8. The van der Waals surface area contributed by atoms with Gasteiger partial charge in [-0.15, -0.1) is 0 Å². The summed E-state index contributed by atoms with van der Waals surface area (Å²) in [7, 11) is 0. The van der Waals surface area contributed by atoms with Gasteiger partial charge in [0.05, 0.1) is 0 Å². The van der Waals surface area contributed by atoms with Gasteiger partial charge in [-0.2, -0.15) is 0 Å². The lowest BCUT2D eigenvalue weighted by Gasteiger charge is -2.16. The van der Waals surface area contributed by atoms with Crippen molar-refractivity contribution < 1.29 is 0 Å². The number of nitrogens with zero attached hydrogens (tertiary/aromatic N) is 2. The molecule has 1 heterocycles. The van der Waals surface area contributed by atoms with Gasteiger partial charge in [-0.05, 0) is 38.5 Å². The Balaban J connectivity index is 2.41. The van der Waals surface area contributed by atoms with Gasteiger partial charge in [0.25, 0.3) is 0 Å². The molecule has 112 valence electrons. The minimum Gasteiger partial charge on any atom is -0.370 e. The average Bonchev–Trinajstić information content (AvgIpc) is 2.43. The van der Waals surface area contributed by atoms with Gasteiger partial charge in [0.2, 0.25) is 0 Å². The summed E-state index contributed by atoms with van der Waals surface area (Å²) < 4.78 is 0. The molecule has 0 aliphatic carbocycles. The summed E-state index contributed by atoms with van der Waals surface area (Å²) in [5.41, 5.74) is 3.32. The molecule has 0 radical (unpaired) electrons. The SMILES string of the molecule is CCNc1nc(C(C)C)nc(Nc2cccc(C)c2)c1C. The first-order valence-electron chi connectivity index (χ1n) is 7.47. The van der Waals surface area contributed by atoms with Crippen molar-refractivity contribution in [2.45, 2.75) is 40.5 Å². The van der Waals surface area contributed by atoms with Crippen LogP contribution in [0.2, 0.25) is 0 Å². The van der Waals surface area contributed by atoms with Crippen LogP contribution in [0, 0.1) is 13.8 Å². The van der Waals surface area contributed by atoms with E-state index in [0.717, 1.165) is 35.3 Å². The number of aryl methyl sites for hydroxylation is 1. The second kappa shape index (κ2) is 6.57. The molecule has 2 N–H and O–H groups in total. The molecule has 0 aliphatic heterocycles. The van der Waals surface area contributed by atoms with Crippen LogP contribution in [0.25, 0.3) is 0 Å². The van der Waals surface area contributed by atoms with E-state index in [1.165, 1.54) is 5.56 Å². The van der Waals surface area contributed by atoms with Crippen LogP contribution >= 0.6 is 0 Å². The first kappa shape index (κ1) is 15.3. The van der Waals surface area contributed by atoms with Crippen molar-refractivity contribution in [3.05, 3.63) is 41.2 Å². The topological polar surface area (TPSA) is 49.8 Å². The number of nitrogens with one attached hydrogen (secondary N) is 2. The summed E-state index contributed by atoms with van der Waals surface area (Å²) in [5, 5.41) is 6.73. The van der Waals surface area contributed by atoms with E-state index in [2.05, 4.69) is 66.5 Å². The summed E-state index contributed by atoms with van der Waals surface area (Å²) in [6, 6.07) is 8.30. The van der Waals surface area contributed by atoms with Crippen LogP contribution < -0.4 is 10.6 Å². The van der Waals surface area contributed by atoms with E-state index < -0.39 is 0 Å². The van der Waals surface area contributed by atoms with Crippen molar-refractivity contribution >= 4 is 17.3 Å². The number of aromatic nitrogens is 2. The molecule has 0 atom stereocenters. The molecule has 1 aromatic carbocycles. The summed E-state index contributed by atoms with van der Waals surface area (Å²) in [5.74, 6) is 2.93. The van der Waals surface area contributed by atoms with Gasteiger partial charge in [-0.25, -0.2) is 9.97 Å². The molecule has 0 aliphatic rings. The molecule has 1 aromatic heterocycles. The van der Waals surface area contributed by atoms with E-state index in [-0.39, 0.29) is 0 Å². The molecule has 0 fully saturated rings. The molecule has 2 rings (SSSR count). The van der Waals surface area contributed by atoms with Gasteiger partial charge in [-0.3, -0.25) is 0 Å². The molecule has 0 amide bonds. The van der Waals surface area contributed by atoms with Gasteiger partial charge in [0.15, 0.2) is 0 Å². The van der Waals surface area contributed by atoms with Crippen LogP contribution in [-0.2, 0) is 0 Å². The Kier molecular flexibility index (Phi) is 4.78. The molecule has 0 spiro atoms. The molecule has 4 heteroatoms. The quantitative estimate of drug-likeness (QED) is 0.854. The van der Waals surface area contributed by atoms with Crippen molar-refractivity contribution in [1.82, 2.24) is 9.97 Å². The third-order valence-electron chi connectivity index (χ3n) is 3.30. The zero-order chi connectivity index (χ0) is 15.4. The van der Waals surface area contributed by atoms with Crippen LogP contribution in [0.15, 0.2) is 24.3 Å². The highest BCUT2D eigenvalue weighted by molar-refractivity contribution is 5.65.